The van der Waals surface area contributed by atoms with E-state index in [2.05, 4.69) is 30.5 Å². The maximum absolute atomic E-state index is 14.4. The number of imidazole rings is 1. The van der Waals surface area contributed by atoms with Gasteiger partial charge in [-0.3, -0.25) is 4.57 Å². The van der Waals surface area contributed by atoms with E-state index < -0.39 is 0 Å². The van der Waals surface area contributed by atoms with Crippen molar-refractivity contribution in [1.29, 1.82) is 0 Å². The molecule has 0 atom stereocenters. The summed E-state index contributed by atoms with van der Waals surface area (Å²) in [6, 6.07) is 20.9. The van der Waals surface area contributed by atoms with Crippen molar-refractivity contribution in [3.05, 3.63) is 83.7 Å². The summed E-state index contributed by atoms with van der Waals surface area (Å²) >= 11 is 0. The molecule has 4 aromatic rings. The van der Waals surface area contributed by atoms with Crippen molar-refractivity contribution in [3.8, 4) is 17.1 Å². The fourth-order valence-electron chi connectivity index (χ4n) is 3.23. The summed E-state index contributed by atoms with van der Waals surface area (Å²) in [5.41, 5.74) is 5.68. The van der Waals surface area contributed by atoms with E-state index in [4.69, 9.17) is 4.98 Å². The summed E-state index contributed by atoms with van der Waals surface area (Å²) in [4.78, 5) is 4.73. The van der Waals surface area contributed by atoms with Gasteiger partial charge in [0.2, 0.25) is 0 Å². The van der Waals surface area contributed by atoms with Crippen LogP contribution < -0.4 is 0 Å². The van der Waals surface area contributed by atoms with Crippen molar-refractivity contribution >= 4 is 11.0 Å². The first-order valence-corrected chi connectivity index (χ1v) is 7.96. The number of rotatable bonds is 2. The molecule has 4 rings (SSSR count). The molecule has 0 amide bonds. The number of benzene rings is 3. The molecule has 0 aliphatic rings. The number of aromatic nitrogens is 2. The topological polar surface area (TPSA) is 17.8 Å². The molecule has 0 spiro atoms. The molecule has 0 saturated heterocycles. The molecule has 2 nitrogen and oxygen atoms in total. The number of nitrogens with zero attached hydrogens (tertiary/aromatic N) is 2. The lowest BCUT2D eigenvalue weighted by Gasteiger charge is -2.15. The van der Waals surface area contributed by atoms with Crippen LogP contribution in [0, 0.1) is 19.7 Å². The lowest BCUT2D eigenvalue weighted by atomic mass is 10.1. The Labute approximate surface area is 140 Å². The average molecular weight is 316 g/mol. The summed E-state index contributed by atoms with van der Waals surface area (Å²) in [7, 11) is 0. The Morgan fingerprint density at radius 3 is 2.21 bits per heavy atom. The van der Waals surface area contributed by atoms with Crippen LogP contribution >= 0.6 is 0 Å². The molecule has 3 heteroatoms. The third-order valence-electron chi connectivity index (χ3n) is 4.34. The third kappa shape index (κ3) is 2.21. The zero-order valence-corrected chi connectivity index (χ0v) is 13.6. The van der Waals surface area contributed by atoms with E-state index in [1.54, 1.807) is 12.1 Å². The maximum Gasteiger partial charge on any atom is 0.148 e. The molecule has 0 unspecified atom stereocenters. The minimum atomic E-state index is -0.264. The second-order valence-electron chi connectivity index (χ2n) is 5.98. The summed E-state index contributed by atoms with van der Waals surface area (Å²) in [6.07, 6.45) is 0. The molecule has 0 fully saturated rings. The standard InChI is InChI=1S/C21H17FN2/c1-14-8-7-9-15(2)20(14)24-19-13-6-5-12-18(19)23-21(24)16-10-3-4-11-17(16)22/h3-13H,1-2H3. The maximum atomic E-state index is 14.4. The molecular formula is C21H17FN2. The second-order valence-corrected chi connectivity index (χ2v) is 5.98. The number of fused-ring (bicyclic) bond motifs is 1. The average Bonchev–Trinajstić information content (AvgIpc) is 2.94. The predicted molar refractivity (Wildman–Crippen MR) is 95.9 cm³/mol. The van der Waals surface area contributed by atoms with Crippen molar-refractivity contribution in [1.82, 2.24) is 9.55 Å². The van der Waals surface area contributed by atoms with E-state index in [0.717, 1.165) is 27.8 Å². The van der Waals surface area contributed by atoms with Gasteiger partial charge in [-0.05, 0) is 49.2 Å². The van der Waals surface area contributed by atoms with Gasteiger partial charge in [0.15, 0.2) is 0 Å². The van der Waals surface area contributed by atoms with Gasteiger partial charge in [-0.2, -0.15) is 0 Å². The molecule has 24 heavy (non-hydrogen) atoms. The lowest BCUT2D eigenvalue weighted by molar-refractivity contribution is 0.629. The van der Waals surface area contributed by atoms with Gasteiger partial charge >= 0.3 is 0 Å². The van der Waals surface area contributed by atoms with Crippen molar-refractivity contribution < 1.29 is 4.39 Å². The van der Waals surface area contributed by atoms with Crippen molar-refractivity contribution in [2.75, 3.05) is 0 Å². The van der Waals surface area contributed by atoms with Crippen molar-refractivity contribution in [3.63, 3.8) is 0 Å². The minimum absolute atomic E-state index is 0.264. The summed E-state index contributed by atoms with van der Waals surface area (Å²) in [5, 5.41) is 0. The molecule has 0 saturated carbocycles. The fourth-order valence-corrected chi connectivity index (χ4v) is 3.23. The number of halogens is 1. The SMILES string of the molecule is Cc1cccc(C)c1-n1c(-c2ccccc2F)nc2ccccc21. The predicted octanol–water partition coefficient (Wildman–Crippen LogP) is 5.45. The Morgan fingerprint density at radius 1 is 0.792 bits per heavy atom. The van der Waals surface area contributed by atoms with Crippen LogP contribution in [0.3, 0.4) is 0 Å². The Balaban J connectivity index is 2.15. The molecule has 3 aromatic carbocycles. The van der Waals surface area contributed by atoms with Gasteiger partial charge in [0.1, 0.15) is 11.6 Å². The first-order valence-electron chi connectivity index (χ1n) is 7.96. The van der Waals surface area contributed by atoms with Crippen LogP contribution in [-0.4, -0.2) is 9.55 Å². The van der Waals surface area contributed by atoms with E-state index in [9.17, 15) is 4.39 Å². The Hall–Kier alpha value is -2.94. The highest BCUT2D eigenvalue weighted by molar-refractivity contribution is 5.84. The number of hydrogen-bond acceptors (Lipinski definition) is 1. The molecule has 0 radical (unpaired) electrons. The molecule has 1 heterocycles. The highest BCUT2D eigenvalue weighted by Crippen LogP contribution is 2.32. The Kier molecular flexibility index (Phi) is 3.42. The summed E-state index contributed by atoms with van der Waals surface area (Å²) in [5.74, 6) is 0.368. The van der Waals surface area contributed by atoms with E-state index in [1.807, 2.05) is 36.4 Å². The third-order valence-corrected chi connectivity index (χ3v) is 4.34. The van der Waals surface area contributed by atoms with Gasteiger partial charge in [-0.15, -0.1) is 0 Å². The largest absolute Gasteiger partial charge is 0.292 e. The molecule has 0 aliphatic carbocycles. The van der Waals surface area contributed by atoms with Gasteiger partial charge in [0, 0.05) is 0 Å². The lowest BCUT2D eigenvalue weighted by Crippen LogP contribution is -2.03. The van der Waals surface area contributed by atoms with Crippen LogP contribution in [0.25, 0.3) is 28.1 Å². The molecular weight excluding hydrogens is 299 g/mol. The van der Waals surface area contributed by atoms with Crippen LogP contribution in [0.1, 0.15) is 11.1 Å². The number of hydrogen-bond donors (Lipinski definition) is 0. The van der Waals surface area contributed by atoms with Crippen LogP contribution in [0.2, 0.25) is 0 Å². The van der Waals surface area contributed by atoms with Gasteiger partial charge in [-0.1, -0.05) is 42.5 Å². The molecule has 0 N–H and O–H groups in total. The first kappa shape index (κ1) is 14.6. The zero-order valence-electron chi connectivity index (χ0n) is 13.6. The first-order chi connectivity index (χ1) is 11.7. The molecule has 0 aliphatic heterocycles. The Bertz CT molecular complexity index is 1030. The quantitative estimate of drug-likeness (QED) is 0.481. The van der Waals surface area contributed by atoms with Crippen molar-refractivity contribution in [2.24, 2.45) is 0 Å². The number of aryl methyl sites for hydroxylation is 2. The normalized spacial score (nSPS) is 11.1. The van der Waals surface area contributed by atoms with E-state index >= 15 is 0 Å². The minimum Gasteiger partial charge on any atom is -0.292 e. The van der Waals surface area contributed by atoms with Crippen LogP contribution in [0.5, 0.6) is 0 Å². The summed E-state index contributed by atoms with van der Waals surface area (Å²) < 4.78 is 16.5. The van der Waals surface area contributed by atoms with E-state index in [-0.39, 0.29) is 5.82 Å². The monoisotopic (exact) mass is 316 g/mol. The van der Waals surface area contributed by atoms with Crippen molar-refractivity contribution in [2.45, 2.75) is 13.8 Å². The van der Waals surface area contributed by atoms with Crippen LogP contribution in [-0.2, 0) is 0 Å². The highest BCUT2D eigenvalue weighted by atomic mass is 19.1. The summed E-state index contributed by atoms with van der Waals surface area (Å²) in [6.45, 7) is 4.14. The molecule has 1 aromatic heterocycles. The highest BCUT2D eigenvalue weighted by Gasteiger charge is 2.18. The van der Waals surface area contributed by atoms with Gasteiger partial charge < -0.3 is 0 Å². The van der Waals surface area contributed by atoms with Crippen LogP contribution in [0.4, 0.5) is 4.39 Å². The Morgan fingerprint density at radius 2 is 1.46 bits per heavy atom. The molecule has 118 valence electrons. The van der Waals surface area contributed by atoms with Gasteiger partial charge in [0.05, 0.1) is 22.3 Å². The van der Waals surface area contributed by atoms with Crippen LogP contribution in [0.15, 0.2) is 66.7 Å². The van der Waals surface area contributed by atoms with E-state index in [0.29, 0.717) is 11.4 Å². The fraction of sp³-hybridized carbons (Fsp3) is 0.0952. The smallest absolute Gasteiger partial charge is 0.148 e. The van der Waals surface area contributed by atoms with E-state index in [1.165, 1.54) is 6.07 Å². The second kappa shape index (κ2) is 5.60. The van der Waals surface area contributed by atoms with Gasteiger partial charge in [-0.25, -0.2) is 9.37 Å². The van der Waals surface area contributed by atoms with Gasteiger partial charge in [0.25, 0.3) is 0 Å². The molecule has 0 bridgehead atoms. The number of para-hydroxylation sites is 3. The zero-order chi connectivity index (χ0) is 16.7.